The number of carbonyl (C=O) groups is 1. The Kier molecular flexibility index (Phi) is 7.47. The number of rotatable bonds is 8. The number of halogens is 1. The van der Waals surface area contributed by atoms with Gasteiger partial charge < -0.3 is 21.3 Å². The van der Waals surface area contributed by atoms with Gasteiger partial charge in [-0.05, 0) is 69.0 Å². The molecule has 3 unspecified atom stereocenters. The van der Waals surface area contributed by atoms with E-state index in [1.165, 1.54) is 6.07 Å². The van der Waals surface area contributed by atoms with Crippen LogP contribution in [0.25, 0.3) is 0 Å². The number of carboxylic acid groups (broad SMARTS) is 1. The van der Waals surface area contributed by atoms with Gasteiger partial charge in [0.2, 0.25) is 0 Å². The number of benzene rings is 1. The molecule has 0 saturated heterocycles. The molecule has 0 aromatic heterocycles. The summed E-state index contributed by atoms with van der Waals surface area (Å²) in [5, 5.41) is 21.9. The highest BCUT2D eigenvalue weighted by atomic mass is 79.9. The number of nitrogens with one attached hydrogen (secondary N) is 1. The minimum atomic E-state index is -0.955. The van der Waals surface area contributed by atoms with Crippen molar-refractivity contribution in [3.63, 3.8) is 0 Å². The number of phenolic OH excluding ortho intramolecular Hbond substituents is 1. The quantitative estimate of drug-likeness (QED) is 0.490. The zero-order valence-electron chi connectivity index (χ0n) is 14.7. The molecule has 0 aliphatic heterocycles. The van der Waals surface area contributed by atoms with Crippen LogP contribution in [0.15, 0.2) is 16.6 Å². The molecule has 8 heteroatoms. The lowest BCUT2D eigenvalue weighted by Gasteiger charge is -2.34. The molecule has 0 fully saturated rings. The van der Waals surface area contributed by atoms with Gasteiger partial charge in [0.05, 0.1) is 4.47 Å². The molecule has 7 nitrogen and oxygen atoms in total. The molecule has 0 radical (unpaired) electrons. The highest BCUT2D eigenvalue weighted by Crippen LogP contribution is 2.32. The van der Waals surface area contributed by atoms with Crippen LogP contribution in [-0.2, 0) is 11.2 Å². The second kappa shape index (κ2) is 8.66. The molecule has 3 atom stereocenters. The number of phenols is 1. The Labute approximate surface area is 151 Å². The molecule has 24 heavy (non-hydrogen) atoms. The predicted octanol–water partition coefficient (Wildman–Crippen LogP) is 1.71. The van der Waals surface area contributed by atoms with Gasteiger partial charge in [0.15, 0.2) is 0 Å². The first-order valence-corrected chi connectivity index (χ1v) is 8.48. The molecule has 0 aliphatic carbocycles. The summed E-state index contributed by atoms with van der Waals surface area (Å²) in [5.41, 5.74) is 7.64. The molecular formula is C16H27BrN4O3. The molecule has 5 N–H and O–H groups in total. The first-order chi connectivity index (χ1) is 11.0. The fourth-order valence-corrected chi connectivity index (χ4v) is 2.68. The van der Waals surface area contributed by atoms with Crippen LogP contribution < -0.4 is 11.1 Å². The molecule has 0 spiro atoms. The Morgan fingerprint density at radius 2 is 1.92 bits per heavy atom. The van der Waals surface area contributed by atoms with Crippen molar-refractivity contribution in [2.75, 3.05) is 26.5 Å². The van der Waals surface area contributed by atoms with Gasteiger partial charge in [-0.15, -0.1) is 0 Å². The van der Waals surface area contributed by atoms with E-state index >= 15 is 0 Å². The summed E-state index contributed by atoms with van der Waals surface area (Å²) in [5.74, 6) is -0.895. The van der Waals surface area contributed by atoms with Crippen molar-refractivity contribution in [1.82, 2.24) is 9.80 Å². The van der Waals surface area contributed by atoms with E-state index in [9.17, 15) is 9.90 Å². The summed E-state index contributed by atoms with van der Waals surface area (Å²) < 4.78 is 0.567. The van der Waals surface area contributed by atoms with Crippen molar-refractivity contribution in [3.8, 4) is 5.75 Å². The van der Waals surface area contributed by atoms with Crippen molar-refractivity contribution in [2.45, 2.75) is 38.6 Å². The third kappa shape index (κ3) is 5.34. The van der Waals surface area contributed by atoms with Gasteiger partial charge in [0.25, 0.3) is 0 Å². The molecule has 1 rings (SSSR count). The summed E-state index contributed by atoms with van der Waals surface area (Å²) in [7, 11) is 5.76. The van der Waals surface area contributed by atoms with Crippen LogP contribution in [0.2, 0.25) is 0 Å². The zero-order valence-corrected chi connectivity index (χ0v) is 16.3. The number of anilines is 1. The van der Waals surface area contributed by atoms with Crippen LogP contribution in [-0.4, -0.2) is 65.5 Å². The average Bonchev–Trinajstić information content (AvgIpc) is 2.50. The summed E-state index contributed by atoms with van der Waals surface area (Å²) in [6.07, 6.45) is 0.417. The van der Waals surface area contributed by atoms with E-state index in [1.54, 1.807) is 13.0 Å². The topological polar surface area (TPSA) is 102 Å². The summed E-state index contributed by atoms with van der Waals surface area (Å²) in [6.45, 7) is 3.61. The molecule has 0 saturated carbocycles. The Balaban J connectivity index is 3.04. The van der Waals surface area contributed by atoms with Gasteiger partial charge >= 0.3 is 5.97 Å². The van der Waals surface area contributed by atoms with Crippen molar-refractivity contribution in [3.05, 3.63) is 22.2 Å². The van der Waals surface area contributed by atoms with Crippen LogP contribution >= 0.6 is 15.9 Å². The van der Waals surface area contributed by atoms with Crippen LogP contribution in [0.1, 0.15) is 19.4 Å². The lowest BCUT2D eigenvalue weighted by atomic mass is 10.0. The highest BCUT2D eigenvalue weighted by Gasteiger charge is 2.21. The lowest BCUT2D eigenvalue weighted by Crippen LogP contribution is -2.53. The fourth-order valence-electron chi connectivity index (χ4n) is 2.29. The molecule has 1 aromatic carbocycles. The SMILES string of the molecule is CC(Nc1cc(O)c(Br)cc1CC(C)N(C)C(N)N(C)C)C(=O)O. The third-order valence-electron chi connectivity index (χ3n) is 4.07. The molecule has 136 valence electrons. The lowest BCUT2D eigenvalue weighted by molar-refractivity contribution is -0.137. The Bertz CT molecular complexity index is 583. The number of nitrogens with two attached hydrogens (primary N) is 1. The first kappa shape index (κ1) is 20.7. The van der Waals surface area contributed by atoms with Crippen LogP contribution in [0, 0.1) is 0 Å². The number of aromatic hydroxyl groups is 1. The maximum Gasteiger partial charge on any atom is 0.325 e. The summed E-state index contributed by atoms with van der Waals surface area (Å²) >= 11 is 3.31. The normalized spacial score (nSPS) is 15.4. The number of aliphatic carboxylic acids is 1. The van der Waals surface area contributed by atoms with E-state index in [2.05, 4.69) is 28.2 Å². The van der Waals surface area contributed by atoms with Gasteiger partial charge in [-0.1, -0.05) is 0 Å². The molecular weight excluding hydrogens is 376 g/mol. The smallest absolute Gasteiger partial charge is 0.325 e. The first-order valence-electron chi connectivity index (χ1n) is 7.69. The van der Waals surface area contributed by atoms with Crippen molar-refractivity contribution in [2.24, 2.45) is 5.73 Å². The number of hydrogen-bond acceptors (Lipinski definition) is 6. The molecule has 0 heterocycles. The summed E-state index contributed by atoms with van der Waals surface area (Å²) in [6, 6.07) is 2.69. The standard InChI is InChI=1S/C16H27BrN4O3/c1-9(21(5)16(18)20(3)4)6-11-7-12(17)14(22)8-13(11)19-10(2)15(23)24/h7-10,16,19,22H,6,18H2,1-5H3,(H,23,24). The molecule has 1 aromatic rings. The molecule has 0 amide bonds. The van der Waals surface area contributed by atoms with Crippen molar-refractivity contribution < 1.29 is 15.0 Å². The maximum absolute atomic E-state index is 11.1. The largest absolute Gasteiger partial charge is 0.507 e. The van der Waals surface area contributed by atoms with Crippen molar-refractivity contribution in [1.29, 1.82) is 0 Å². The van der Waals surface area contributed by atoms with Gasteiger partial charge in [-0.25, -0.2) is 0 Å². The summed E-state index contributed by atoms with van der Waals surface area (Å²) in [4.78, 5) is 15.0. The number of hydrogen-bond donors (Lipinski definition) is 4. The van der Waals surface area contributed by atoms with E-state index < -0.39 is 12.0 Å². The maximum atomic E-state index is 11.1. The zero-order chi connectivity index (χ0) is 18.6. The monoisotopic (exact) mass is 402 g/mol. The van der Waals surface area contributed by atoms with E-state index in [4.69, 9.17) is 10.8 Å². The number of nitrogens with zero attached hydrogens (tertiary/aromatic N) is 2. The molecule has 0 bridgehead atoms. The Hall–Kier alpha value is -1.35. The Morgan fingerprint density at radius 3 is 2.42 bits per heavy atom. The second-order valence-electron chi connectivity index (χ2n) is 6.26. The third-order valence-corrected chi connectivity index (χ3v) is 4.71. The van der Waals surface area contributed by atoms with Gasteiger partial charge in [-0.3, -0.25) is 14.6 Å². The van der Waals surface area contributed by atoms with E-state index in [0.29, 0.717) is 16.6 Å². The Morgan fingerprint density at radius 1 is 1.33 bits per heavy atom. The fraction of sp³-hybridized carbons (Fsp3) is 0.562. The van der Waals surface area contributed by atoms with Crippen molar-refractivity contribution >= 4 is 27.6 Å². The predicted molar refractivity (Wildman–Crippen MR) is 99.1 cm³/mol. The highest BCUT2D eigenvalue weighted by molar-refractivity contribution is 9.10. The van der Waals surface area contributed by atoms with E-state index in [1.807, 2.05) is 30.9 Å². The van der Waals surface area contributed by atoms with Crippen LogP contribution in [0.5, 0.6) is 5.75 Å². The van der Waals surface area contributed by atoms with Gasteiger partial charge in [0, 0.05) is 17.8 Å². The minimum Gasteiger partial charge on any atom is -0.507 e. The van der Waals surface area contributed by atoms with Gasteiger partial charge in [0.1, 0.15) is 18.1 Å². The molecule has 0 aliphatic rings. The number of likely N-dealkylation sites (N-methyl/N-ethyl adjacent to an activating group) is 1. The average molecular weight is 403 g/mol. The second-order valence-corrected chi connectivity index (χ2v) is 7.12. The number of carboxylic acids is 1. The van der Waals surface area contributed by atoms with E-state index in [0.717, 1.165) is 5.56 Å². The van der Waals surface area contributed by atoms with E-state index in [-0.39, 0.29) is 18.1 Å². The van der Waals surface area contributed by atoms with Crippen LogP contribution in [0.3, 0.4) is 0 Å². The minimum absolute atomic E-state index is 0.0600. The van der Waals surface area contributed by atoms with Crippen LogP contribution in [0.4, 0.5) is 5.69 Å². The van der Waals surface area contributed by atoms with Gasteiger partial charge in [-0.2, -0.15) is 0 Å².